The molecule has 162 valence electrons. The van der Waals surface area contributed by atoms with Gasteiger partial charge >= 0.3 is 0 Å². The molecule has 32 heavy (non-hydrogen) atoms. The minimum absolute atomic E-state index is 0.150. The monoisotopic (exact) mass is 447 g/mol. The Balaban J connectivity index is 1.27. The van der Waals surface area contributed by atoms with Crippen molar-refractivity contribution in [3.05, 3.63) is 88.6 Å². The Morgan fingerprint density at radius 2 is 1.97 bits per heavy atom. The van der Waals surface area contributed by atoms with Gasteiger partial charge in [0.15, 0.2) is 0 Å². The summed E-state index contributed by atoms with van der Waals surface area (Å²) in [7, 11) is 0. The standard InChI is InChI=1S/C23H21N5O3S/c1-16-26-19(15-32-16)14-31-21-5-2-4-17(12-21)23(30)24-13-22(29)27-18-6-8-20(9-7-18)28-11-3-10-25-28/h2-12,15H,13-14H2,1H3,(H,24,30)(H,27,29). The van der Waals surface area contributed by atoms with E-state index in [4.69, 9.17) is 4.74 Å². The second-order valence-corrected chi connectivity index (χ2v) is 7.96. The molecule has 0 radical (unpaired) electrons. The molecule has 0 aliphatic rings. The van der Waals surface area contributed by atoms with Crippen LogP contribution >= 0.6 is 11.3 Å². The molecule has 2 N–H and O–H groups in total. The Labute approximate surface area is 188 Å². The number of amides is 2. The van der Waals surface area contributed by atoms with Crippen LogP contribution in [0.5, 0.6) is 5.75 Å². The molecule has 8 nitrogen and oxygen atoms in total. The molecule has 2 aromatic carbocycles. The van der Waals surface area contributed by atoms with Crippen molar-refractivity contribution in [3.63, 3.8) is 0 Å². The van der Waals surface area contributed by atoms with Gasteiger partial charge in [-0.25, -0.2) is 9.67 Å². The van der Waals surface area contributed by atoms with Crippen molar-refractivity contribution in [2.24, 2.45) is 0 Å². The van der Waals surface area contributed by atoms with Crippen LogP contribution < -0.4 is 15.4 Å². The van der Waals surface area contributed by atoms with Crippen molar-refractivity contribution < 1.29 is 14.3 Å². The zero-order chi connectivity index (χ0) is 22.3. The number of rotatable bonds is 8. The maximum absolute atomic E-state index is 12.4. The molecule has 0 atom stereocenters. The first kappa shape index (κ1) is 21.3. The molecule has 9 heteroatoms. The van der Waals surface area contributed by atoms with Gasteiger partial charge in [0.05, 0.1) is 22.9 Å². The number of thiazole rings is 1. The largest absolute Gasteiger partial charge is 0.487 e. The van der Waals surface area contributed by atoms with E-state index >= 15 is 0 Å². The number of nitrogens with zero attached hydrogens (tertiary/aromatic N) is 3. The molecule has 0 saturated heterocycles. The summed E-state index contributed by atoms with van der Waals surface area (Å²) in [4.78, 5) is 29.0. The maximum Gasteiger partial charge on any atom is 0.251 e. The lowest BCUT2D eigenvalue weighted by molar-refractivity contribution is -0.115. The lowest BCUT2D eigenvalue weighted by Crippen LogP contribution is -2.32. The number of hydrogen-bond donors (Lipinski definition) is 2. The molecule has 0 bridgehead atoms. The summed E-state index contributed by atoms with van der Waals surface area (Å²) in [6, 6.07) is 15.9. The molecular formula is C23H21N5O3S. The third kappa shape index (κ3) is 5.58. The predicted molar refractivity (Wildman–Crippen MR) is 122 cm³/mol. The van der Waals surface area contributed by atoms with E-state index in [1.165, 1.54) is 0 Å². The topological polar surface area (TPSA) is 98.1 Å². The van der Waals surface area contributed by atoms with E-state index < -0.39 is 0 Å². The molecule has 0 saturated carbocycles. The van der Waals surface area contributed by atoms with Crippen molar-refractivity contribution in [2.45, 2.75) is 13.5 Å². The Kier molecular flexibility index (Phi) is 6.57. The minimum atomic E-state index is -0.357. The number of carbonyl (C=O) groups is 2. The fourth-order valence-corrected chi connectivity index (χ4v) is 3.54. The van der Waals surface area contributed by atoms with Gasteiger partial charge in [-0.15, -0.1) is 11.3 Å². The van der Waals surface area contributed by atoms with Crippen LogP contribution in [0.15, 0.2) is 72.4 Å². The number of anilines is 1. The SMILES string of the molecule is Cc1nc(COc2cccc(C(=O)NCC(=O)Nc3ccc(-n4cccn4)cc3)c2)cs1. The molecule has 0 aliphatic heterocycles. The molecule has 2 amide bonds. The van der Waals surface area contributed by atoms with E-state index in [0.29, 0.717) is 23.6 Å². The fourth-order valence-electron chi connectivity index (χ4n) is 2.95. The number of aryl methyl sites for hydroxylation is 1. The number of aromatic nitrogens is 3. The average molecular weight is 448 g/mol. The predicted octanol–water partition coefficient (Wildman–Crippen LogP) is 3.58. The number of hydrogen-bond acceptors (Lipinski definition) is 6. The number of carbonyl (C=O) groups excluding carboxylic acids is 2. The van der Waals surface area contributed by atoms with Crippen molar-refractivity contribution >= 4 is 28.8 Å². The summed E-state index contributed by atoms with van der Waals surface area (Å²) in [6.45, 7) is 2.12. The van der Waals surface area contributed by atoms with E-state index in [9.17, 15) is 9.59 Å². The van der Waals surface area contributed by atoms with Gasteiger partial charge in [-0.05, 0) is 55.5 Å². The highest BCUT2D eigenvalue weighted by molar-refractivity contribution is 7.09. The van der Waals surface area contributed by atoms with Crippen LogP contribution in [-0.4, -0.2) is 33.1 Å². The second kappa shape index (κ2) is 9.88. The third-order valence-electron chi connectivity index (χ3n) is 4.48. The smallest absolute Gasteiger partial charge is 0.251 e. The minimum Gasteiger partial charge on any atom is -0.487 e. The summed E-state index contributed by atoms with van der Waals surface area (Å²) < 4.78 is 7.44. The molecule has 4 rings (SSSR count). The van der Waals surface area contributed by atoms with E-state index in [2.05, 4.69) is 20.7 Å². The first-order valence-electron chi connectivity index (χ1n) is 9.89. The van der Waals surface area contributed by atoms with Gasteiger partial charge in [-0.3, -0.25) is 9.59 Å². The lowest BCUT2D eigenvalue weighted by atomic mass is 10.2. The third-order valence-corrected chi connectivity index (χ3v) is 5.30. The van der Waals surface area contributed by atoms with Crippen LogP contribution in [0, 0.1) is 6.92 Å². The highest BCUT2D eigenvalue weighted by atomic mass is 32.1. The molecule has 2 heterocycles. The maximum atomic E-state index is 12.4. The molecule has 0 unspecified atom stereocenters. The fraction of sp³-hybridized carbons (Fsp3) is 0.130. The summed E-state index contributed by atoms with van der Waals surface area (Å²) in [5.41, 5.74) is 2.77. The zero-order valence-corrected chi connectivity index (χ0v) is 18.1. The Morgan fingerprint density at radius 1 is 1.12 bits per heavy atom. The van der Waals surface area contributed by atoms with Gasteiger partial charge in [0.2, 0.25) is 5.91 Å². The summed E-state index contributed by atoms with van der Waals surface area (Å²) in [6.07, 6.45) is 3.53. The molecule has 0 aliphatic carbocycles. The van der Waals surface area contributed by atoms with Gasteiger partial charge < -0.3 is 15.4 Å². The van der Waals surface area contributed by atoms with E-state index in [0.717, 1.165) is 16.4 Å². The lowest BCUT2D eigenvalue weighted by Gasteiger charge is -2.09. The summed E-state index contributed by atoms with van der Waals surface area (Å²) >= 11 is 1.56. The zero-order valence-electron chi connectivity index (χ0n) is 17.3. The molecule has 0 fully saturated rings. The first-order chi connectivity index (χ1) is 15.6. The molecular weight excluding hydrogens is 426 g/mol. The van der Waals surface area contributed by atoms with Gasteiger partial charge in [0.1, 0.15) is 12.4 Å². The summed E-state index contributed by atoms with van der Waals surface area (Å²) in [5.74, 6) is -0.120. The number of ether oxygens (including phenoxy) is 1. The Hall–Kier alpha value is -3.98. The van der Waals surface area contributed by atoms with E-state index in [-0.39, 0.29) is 18.4 Å². The summed E-state index contributed by atoms with van der Waals surface area (Å²) in [5, 5.41) is 12.5. The van der Waals surface area contributed by atoms with Crippen LogP contribution in [0.3, 0.4) is 0 Å². The van der Waals surface area contributed by atoms with Crippen LogP contribution in [0.1, 0.15) is 21.1 Å². The van der Waals surface area contributed by atoms with Crippen LogP contribution in [0.4, 0.5) is 5.69 Å². The highest BCUT2D eigenvalue weighted by Gasteiger charge is 2.10. The van der Waals surface area contributed by atoms with E-state index in [1.54, 1.807) is 58.6 Å². The highest BCUT2D eigenvalue weighted by Crippen LogP contribution is 2.16. The Morgan fingerprint density at radius 3 is 2.69 bits per heavy atom. The van der Waals surface area contributed by atoms with Gasteiger partial charge in [-0.2, -0.15) is 5.10 Å². The van der Waals surface area contributed by atoms with Crippen molar-refractivity contribution in [1.82, 2.24) is 20.1 Å². The molecule has 4 aromatic rings. The molecule has 2 aromatic heterocycles. The van der Waals surface area contributed by atoms with Crippen LogP contribution in [0.2, 0.25) is 0 Å². The van der Waals surface area contributed by atoms with Crippen LogP contribution in [0.25, 0.3) is 5.69 Å². The number of benzene rings is 2. The first-order valence-corrected chi connectivity index (χ1v) is 10.8. The quantitative estimate of drug-likeness (QED) is 0.430. The van der Waals surface area contributed by atoms with Crippen molar-refractivity contribution in [2.75, 3.05) is 11.9 Å². The van der Waals surface area contributed by atoms with Crippen LogP contribution in [-0.2, 0) is 11.4 Å². The Bertz CT molecular complexity index is 1200. The van der Waals surface area contributed by atoms with Crippen molar-refractivity contribution in [3.8, 4) is 11.4 Å². The van der Waals surface area contributed by atoms with E-state index in [1.807, 2.05) is 36.7 Å². The van der Waals surface area contributed by atoms with Gasteiger partial charge in [0.25, 0.3) is 5.91 Å². The number of nitrogens with one attached hydrogen (secondary N) is 2. The molecule has 0 spiro atoms. The van der Waals surface area contributed by atoms with Crippen molar-refractivity contribution in [1.29, 1.82) is 0 Å². The van der Waals surface area contributed by atoms with Gasteiger partial charge in [0, 0.05) is 29.0 Å². The second-order valence-electron chi connectivity index (χ2n) is 6.90. The average Bonchev–Trinajstić information content (AvgIpc) is 3.49. The normalized spacial score (nSPS) is 10.5. The van der Waals surface area contributed by atoms with Gasteiger partial charge in [-0.1, -0.05) is 6.07 Å².